The zero-order chi connectivity index (χ0) is 38.5. The van der Waals surface area contributed by atoms with Gasteiger partial charge in [-0.2, -0.15) is 0 Å². The molecule has 0 saturated heterocycles. The van der Waals surface area contributed by atoms with Gasteiger partial charge in [-0.15, -0.1) is 0 Å². The molecule has 0 N–H and O–H groups in total. The van der Waals surface area contributed by atoms with E-state index in [1.54, 1.807) is 13.8 Å². The number of hydrogen-bond donors (Lipinski definition) is 0. The lowest BCUT2D eigenvalue weighted by molar-refractivity contribution is -0.158. The second kappa shape index (κ2) is 16.2. The zero-order valence-corrected chi connectivity index (χ0v) is 34.8. The molecule has 0 amide bonds. The van der Waals surface area contributed by atoms with Crippen LogP contribution in [0.3, 0.4) is 0 Å². The van der Waals surface area contributed by atoms with Crippen LogP contribution < -0.4 is 0 Å². The maximum Gasteiger partial charge on any atom is 0.302 e. The monoisotopic (exact) mass is 757 g/mol. The Kier molecular flexibility index (Phi) is 11.7. The van der Waals surface area contributed by atoms with Crippen molar-refractivity contribution < 1.29 is 28.7 Å². The van der Waals surface area contributed by atoms with Crippen LogP contribution in [0.1, 0.15) is 175 Å². The minimum atomic E-state index is -0.128. The molecule has 6 nitrogen and oxygen atoms in total. The normalized spacial score (nSPS) is 43.1. The van der Waals surface area contributed by atoms with Crippen LogP contribution in [0.2, 0.25) is 0 Å². The topological polar surface area (TPSA) is 86.7 Å². The number of rotatable bonds is 12. The van der Waals surface area contributed by atoms with Gasteiger partial charge in [-0.1, -0.05) is 69.9 Å². The number of esters is 2. The fourth-order valence-electron chi connectivity index (χ4n) is 15.7. The van der Waals surface area contributed by atoms with Gasteiger partial charge in [-0.05, 0) is 161 Å². The van der Waals surface area contributed by atoms with Crippen molar-refractivity contribution in [1.82, 2.24) is 0 Å². The zero-order valence-electron chi connectivity index (χ0n) is 34.8. The van der Waals surface area contributed by atoms with E-state index in [2.05, 4.69) is 26.0 Å². The number of ketones is 2. The molecule has 0 spiro atoms. The second-order valence-corrected chi connectivity index (χ2v) is 20.8. The average molecular weight is 757 g/mol. The quantitative estimate of drug-likeness (QED) is 0.146. The van der Waals surface area contributed by atoms with Gasteiger partial charge in [0.1, 0.15) is 12.2 Å². The maximum atomic E-state index is 12.5. The maximum absolute atomic E-state index is 12.5. The van der Waals surface area contributed by atoms with Gasteiger partial charge in [-0.3, -0.25) is 19.2 Å². The molecule has 304 valence electrons. The highest BCUT2D eigenvalue weighted by Gasteiger charge is 2.61. The molecule has 4 unspecified atom stereocenters. The molecule has 6 heteroatoms. The van der Waals surface area contributed by atoms with Gasteiger partial charge in [-0.25, -0.2) is 0 Å². The van der Waals surface area contributed by atoms with Crippen molar-refractivity contribution in [2.24, 2.45) is 70.0 Å². The Bertz CT molecular complexity index is 1430. The first-order valence-corrected chi connectivity index (χ1v) is 23.3. The van der Waals surface area contributed by atoms with Crippen LogP contribution in [0.5, 0.6) is 0 Å². The first-order chi connectivity index (χ1) is 26.5. The molecular formula is C49H72O6. The summed E-state index contributed by atoms with van der Waals surface area (Å²) < 4.78 is 11.9. The van der Waals surface area contributed by atoms with Gasteiger partial charge in [0.05, 0.1) is 0 Å². The Morgan fingerprint density at radius 1 is 0.582 bits per heavy atom. The molecule has 0 aromatic heterocycles. The first-order valence-electron chi connectivity index (χ1n) is 23.3. The van der Waals surface area contributed by atoms with Gasteiger partial charge >= 0.3 is 11.9 Å². The summed E-state index contributed by atoms with van der Waals surface area (Å²) in [6.45, 7) is 8.01. The fourth-order valence-corrected chi connectivity index (χ4v) is 15.7. The fraction of sp³-hybridized carbons (Fsp3) is 0.837. The van der Waals surface area contributed by atoms with Crippen LogP contribution in [0.25, 0.3) is 0 Å². The lowest BCUT2D eigenvalue weighted by atomic mass is 9.49. The van der Waals surface area contributed by atoms with Crippen molar-refractivity contribution >= 4 is 23.5 Å². The third-order valence-electron chi connectivity index (χ3n) is 18.0. The van der Waals surface area contributed by atoms with E-state index in [0.29, 0.717) is 70.7 Å². The lowest BCUT2D eigenvalue weighted by Crippen LogP contribution is -2.51. The predicted molar refractivity (Wildman–Crippen MR) is 215 cm³/mol. The summed E-state index contributed by atoms with van der Waals surface area (Å²) >= 11 is 0. The van der Waals surface area contributed by atoms with E-state index in [0.717, 1.165) is 64.2 Å². The minimum Gasteiger partial charge on any atom is -0.462 e. The van der Waals surface area contributed by atoms with Crippen molar-refractivity contribution in [1.29, 1.82) is 0 Å². The molecular weight excluding hydrogens is 685 g/mol. The molecule has 55 heavy (non-hydrogen) atoms. The first kappa shape index (κ1) is 39.6. The molecule has 0 aromatic carbocycles. The average Bonchev–Trinajstić information content (AvgIpc) is 3.64. The molecule has 14 atom stereocenters. The van der Waals surface area contributed by atoms with Gasteiger partial charge in [0.25, 0.3) is 0 Å². The van der Waals surface area contributed by atoms with Gasteiger partial charge < -0.3 is 9.47 Å². The van der Waals surface area contributed by atoms with Crippen LogP contribution in [-0.4, -0.2) is 35.7 Å². The number of carbonyl (C=O) groups is 4. The molecule has 8 aliphatic carbocycles. The number of ether oxygens (including phenoxy) is 2. The highest BCUT2D eigenvalue weighted by Crippen LogP contribution is 2.66. The van der Waals surface area contributed by atoms with E-state index < -0.39 is 0 Å². The molecule has 0 aromatic rings. The van der Waals surface area contributed by atoms with Gasteiger partial charge in [0.2, 0.25) is 0 Å². The summed E-state index contributed by atoms with van der Waals surface area (Å²) in [5.41, 5.74) is 3.15. The molecule has 0 heterocycles. The van der Waals surface area contributed by atoms with Crippen LogP contribution in [0.15, 0.2) is 23.3 Å². The van der Waals surface area contributed by atoms with Crippen LogP contribution in [-0.2, 0) is 28.7 Å². The van der Waals surface area contributed by atoms with E-state index in [9.17, 15) is 19.2 Å². The van der Waals surface area contributed by atoms with Crippen molar-refractivity contribution in [3.05, 3.63) is 23.3 Å². The predicted octanol–water partition coefficient (Wildman–Crippen LogP) is 11.1. The second-order valence-electron chi connectivity index (χ2n) is 20.8. The van der Waals surface area contributed by atoms with Gasteiger partial charge in [0.15, 0.2) is 11.6 Å². The van der Waals surface area contributed by atoms with Gasteiger partial charge in [0, 0.05) is 37.5 Å². The molecule has 8 aliphatic rings. The van der Waals surface area contributed by atoms with Crippen molar-refractivity contribution in [3.63, 3.8) is 0 Å². The minimum absolute atomic E-state index is 0.0664. The largest absolute Gasteiger partial charge is 0.462 e. The number of fused-ring (bicyclic) bond motifs is 10. The van der Waals surface area contributed by atoms with E-state index in [1.807, 2.05) is 0 Å². The lowest BCUT2D eigenvalue weighted by Gasteiger charge is -2.56. The third kappa shape index (κ3) is 7.61. The number of unbranched alkanes of at least 4 members (excludes halogenated alkanes) is 6. The molecule has 6 saturated carbocycles. The Labute approximate surface area is 332 Å². The highest BCUT2D eigenvalue weighted by atomic mass is 16.5. The standard InChI is InChI=1S/C49H72O6/c1-30(50)54-44-20-18-42-46-32(26-34-28-36(52)14-16-38(34)40(46)22-24-48(42,44)3)12-10-8-6-5-7-9-11-13-33-27-35-29-37(53)15-17-39(35)41-23-25-49(4)43(47(33)41)19-21-45(49)55-31(2)51/h28-29,32-33,38-47H,5-27H2,1-4H3/t32?,33?,38?,39?,40-,41-,42+,43+,44-,45+,46-,47-,48+,49+/m1/s1. The third-order valence-corrected chi connectivity index (χ3v) is 18.0. The molecule has 8 rings (SSSR count). The molecule has 0 aliphatic heterocycles. The number of allylic oxidation sites excluding steroid dienone is 2. The van der Waals surface area contributed by atoms with Crippen LogP contribution in [0, 0.1) is 70.0 Å². The van der Waals surface area contributed by atoms with Crippen molar-refractivity contribution in [3.8, 4) is 0 Å². The Hall–Kier alpha value is -2.24. The summed E-state index contributed by atoms with van der Waals surface area (Å²) in [4.78, 5) is 49.2. The van der Waals surface area contributed by atoms with E-state index in [-0.39, 0.29) is 35.0 Å². The summed E-state index contributed by atoms with van der Waals surface area (Å²) in [6, 6.07) is 0. The van der Waals surface area contributed by atoms with Crippen LogP contribution >= 0.6 is 0 Å². The SMILES string of the molecule is CC(=O)O[C@H]1CC[C@H]2[C@@H]3C(CCCCCCCCCC4CC5=CC(=O)CCC5[C@H]5CC[C@]6(C)[C@H](OC(C)=O)CC[C@H]6[C@H]45)CC4=CC(=O)CCC4[C@H]3CC[C@]12C. The Morgan fingerprint density at radius 2 is 0.982 bits per heavy atom. The molecule has 0 bridgehead atoms. The number of carbonyl (C=O) groups excluding carboxylic acids is 4. The number of hydrogen-bond acceptors (Lipinski definition) is 6. The van der Waals surface area contributed by atoms with Crippen molar-refractivity contribution in [2.75, 3.05) is 0 Å². The van der Waals surface area contributed by atoms with Crippen LogP contribution in [0.4, 0.5) is 0 Å². The Balaban J connectivity index is 0.831. The Morgan fingerprint density at radius 3 is 1.38 bits per heavy atom. The smallest absolute Gasteiger partial charge is 0.302 e. The van der Waals surface area contributed by atoms with E-state index in [1.165, 1.54) is 94.6 Å². The van der Waals surface area contributed by atoms with Crippen molar-refractivity contribution in [2.45, 2.75) is 188 Å². The summed E-state index contributed by atoms with van der Waals surface area (Å²) in [5.74, 6) is 6.97. The van der Waals surface area contributed by atoms with E-state index >= 15 is 0 Å². The summed E-state index contributed by atoms with van der Waals surface area (Å²) in [7, 11) is 0. The summed E-state index contributed by atoms with van der Waals surface area (Å²) in [5, 5.41) is 0. The molecule has 6 fully saturated rings. The highest BCUT2D eigenvalue weighted by molar-refractivity contribution is 5.91. The van der Waals surface area contributed by atoms with E-state index in [4.69, 9.17) is 9.47 Å². The summed E-state index contributed by atoms with van der Waals surface area (Å²) in [6.07, 6.45) is 30.8. The molecule has 0 radical (unpaired) electrons.